The summed E-state index contributed by atoms with van der Waals surface area (Å²) in [6, 6.07) is 5.55. The quantitative estimate of drug-likeness (QED) is 0.867. The van der Waals surface area contributed by atoms with Crippen molar-refractivity contribution >= 4 is 0 Å². The Labute approximate surface area is 98.1 Å². The highest BCUT2D eigenvalue weighted by molar-refractivity contribution is 5.34. The highest BCUT2D eigenvalue weighted by Gasteiger charge is 2.17. The summed E-state index contributed by atoms with van der Waals surface area (Å²) in [5.41, 5.74) is 6.90. The smallest absolute Gasteiger partial charge is 0.146 e. The molecule has 2 nitrogen and oxygen atoms in total. The number of hydrogen-bond donors (Lipinski definition) is 1. The van der Waals surface area contributed by atoms with Crippen molar-refractivity contribution in [3.05, 3.63) is 65.0 Å². The van der Waals surface area contributed by atoms with E-state index in [1.54, 1.807) is 25.1 Å². The van der Waals surface area contributed by atoms with Crippen LogP contribution in [0.5, 0.6) is 0 Å². The Bertz CT molecular complexity index is 541. The van der Waals surface area contributed by atoms with E-state index in [1.807, 2.05) is 0 Å². The van der Waals surface area contributed by atoms with Gasteiger partial charge in [0.1, 0.15) is 11.6 Å². The second kappa shape index (κ2) is 4.59. The van der Waals surface area contributed by atoms with Crippen molar-refractivity contribution in [2.45, 2.75) is 13.0 Å². The van der Waals surface area contributed by atoms with Crippen molar-refractivity contribution in [3.63, 3.8) is 0 Å². The highest BCUT2D eigenvalue weighted by atomic mass is 19.1. The lowest BCUT2D eigenvalue weighted by Crippen LogP contribution is -2.15. The lowest BCUT2D eigenvalue weighted by Gasteiger charge is -2.14. The number of aromatic nitrogens is 1. The van der Waals surface area contributed by atoms with Crippen molar-refractivity contribution in [2.24, 2.45) is 5.73 Å². The minimum atomic E-state index is -0.821. The predicted molar refractivity (Wildman–Crippen MR) is 61.4 cm³/mol. The molecule has 1 aromatic carbocycles. The predicted octanol–water partition coefficient (Wildman–Crippen LogP) is 2.72. The van der Waals surface area contributed by atoms with Crippen LogP contribution < -0.4 is 5.73 Å². The zero-order valence-electron chi connectivity index (χ0n) is 9.32. The first-order valence-electron chi connectivity index (χ1n) is 5.21. The molecule has 1 unspecified atom stereocenters. The fourth-order valence-corrected chi connectivity index (χ4v) is 1.72. The monoisotopic (exact) mass is 234 g/mol. The van der Waals surface area contributed by atoms with Gasteiger partial charge in [0.25, 0.3) is 0 Å². The second-order valence-electron chi connectivity index (χ2n) is 3.85. The van der Waals surface area contributed by atoms with Crippen LogP contribution in [0, 0.1) is 18.6 Å². The first-order valence-corrected chi connectivity index (χ1v) is 5.21. The molecule has 2 rings (SSSR count). The Morgan fingerprint density at radius 1 is 1.18 bits per heavy atom. The first-order chi connectivity index (χ1) is 8.11. The molecule has 88 valence electrons. The third kappa shape index (κ3) is 2.17. The largest absolute Gasteiger partial charge is 0.320 e. The topological polar surface area (TPSA) is 38.9 Å². The molecule has 1 atom stereocenters. The molecule has 4 heteroatoms. The fraction of sp³-hybridized carbons (Fsp3) is 0.154. The van der Waals surface area contributed by atoms with Crippen LogP contribution in [0.4, 0.5) is 8.78 Å². The minimum absolute atomic E-state index is 0.240. The van der Waals surface area contributed by atoms with Gasteiger partial charge in [0, 0.05) is 17.3 Å². The molecular formula is C13H12F2N2. The number of benzene rings is 1. The highest BCUT2D eigenvalue weighted by Crippen LogP contribution is 2.25. The van der Waals surface area contributed by atoms with Crippen LogP contribution in [-0.2, 0) is 0 Å². The van der Waals surface area contributed by atoms with E-state index >= 15 is 0 Å². The molecule has 0 amide bonds. The molecule has 0 aliphatic carbocycles. The van der Waals surface area contributed by atoms with Gasteiger partial charge < -0.3 is 5.73 Å². The third-order valence-electron chi connectivity index (χ3n) is 2.70. The van der Waals surface area contributed by atoms with Gasteiger partial charge in [-0.05, 0) is 18.6 Å². The molecule has 2 N–H and O–H groups in total. The van der Waals surface area contributed by atoms with Gasteiger partial charge in [-0.3, -0.25) is 4.98 Å². The molecule has 0 spiro atoms. The fourth-order valence-electron chi connectivity index (χ4n) is 1.72. The number of aryl methyl sites for hydroxylation is 1. The van der Waals surface area contributed by atoms with Crippen molar-refractivity contribution in [1.29, 1.82) is 0 Å². The van der Waals surface area contributed by atoms with E-state index in [-0.39, 0.29) is 11.1 Å². The van der Waals surface area contributed by atoms with Crippen LogP contribution in [0.3, 0.4) is 0 Å². The average molecular weight is 234 g/mol. The summed E-state index contributed by atoms with van der Waals surface area (Å²) >= 11 is 0. The van der Waals surface area contributed by atoms with E-state index in [1.165, 1.54) is 12.3 Å². The van der Waals surface area contributed by atoms with Crippen molar-refractivity contribution in [3.8, 4) is 0 Å². The Kier molecular flexibility index (Phi) is 3.15. The summed E-state index contributed by atoms with van der Waals surface area (Å²) in [5.74, 6) is -0.919. The van der Waals surface area contributed by atoms with Gasteiger partial charge in [0.05, 0.1) is 12.2 Å². The normalized spacial score (nSPS) is 12.5. The standard InChI is InChI=1S/C13H12F2N2/c1-8-3-2-4-10(12(8)15)13(16)9-5-6-17-7-11(9)14/h2-7,13H,16H2,1H3. The Morgan fingerprint density at radius 2 is 1.94 bits per heavy atom. The molecular weight excluding hydrogens is 222 g/mol. The van der Waals surface area contributed by atoms with Gasteiger partial charge in [-0.25, -0.2) is 8.78 Å². The Hall–Kier alpha value is -1.81. The number of pyridine rings is 1. The molecule has 0 fully saturated rings. The molecule has 1 heterocycles. The van der Waals surface area contributed by atoms with Gasteiger partial charge in [-0.2, -0.15) is 0 Å². The van der Waals surface area contributed by atoms with E-state index in [2.05, 4.69) is 4.98 Å². The lowest BCUT2D eigenvalue weighted by molar-refractivity contribution is 0.568. The van der Waals surface area contributed by atoms with Gasteiger partial charge in [0.2, 0.25) is 0 Å². The van der Waals surface area contributed by atoms with E-state index in [4.69, 9.17) is 5.73 Å². The average Bonchev–Trinajstić information content (AvgIpc) is 2.32. The number of nitrogens with zero attached hydrogens (tertiary/aromatic N) is 1. The van der Waals surface area contributed by atoms with Crippen LogP contribution in [0.1, 0.15) is 22.7 Å². The SMILES string of the molecule is Cc1cccc(C(N)c2ccncc2F)c1F. The molecule has 0 bridgehead atoms. The second-order valence-corrected chi connectivity index (χ2v) is 3.85. The van der Waals surface area contributed by atoms with Crippen LogP contribution >= 0.6 is 0 Å². The van der Waals surface area contributed by atoms with Crippen LogP contribution in [-0.4, -0.2) is 4.98 Å². The summed E-state index contributed by atoms with van der Waals surface area (Å²) < 4.78 is 27.3. The number of nitrogens with two attached hydrogens (primary N) is 1. The summed E-state index contributed by atoms with van der Waals surface area (Å²) in [5, 5.41) is 0. The van der Waals surface area contributed by atoms with E-state index < -0.39 is 17.7 Å². The molecule has 0 aliphatic heterocycles. The van der Waals surface area contributed by atoms with Gasteiger partial charge in [-0.15, -0.1) is 0 Å². The molecule has 0 saturated carbocycles. The van der Waals surface area contributed by atoms with Crippen LogP contribution in [0.15, 0.2) is 36.7 Å². The van der Waals surface area contributed by atoms with E-state index in [0.717, 1.165) is 6.20 Å². The summed E-state index contributed by atoms with van der Waals surface area (Å²) in [6.07, 6.45) is 2.51. The molecule has 17 heavy (non-hydrogen) atoms. The number of rotatable bonds is 2. The molecule has 2 aromatic rings. The first kappa shape index (κ1) is 11.7. The lowest BCUT2D eigenvalue weighted by atomic mass is 9.98. The zero-order chi connectivity index (χ0) is 12.4. The number of halogens is 2. The third-order valence-corrected chi connectivity index (χ3v) is 2.70. The maximum atomic E-state index is 13.9. The maximum Gasteiger partial charge on any atom is 0.146 e. The Morgan fingerprint density at radius 3 is 2.65 bits per heavy atom. The van der Waals surface area contributed by atoms with Gasteiger partial charge in [-0.1, -0.05) is 18.2 Å². The summed E-state index contributed by atoms with van der Waals surface area (Å²) in [4.78, 5) is 3.64. The van der Waals surface area contributed by atoms with Crippen molar-refractivity contribution < 1.29 is 8.78 Å². The van der Waals surface area contributed by atoms with Crippen molar-refractivity contribution in [2.75, 3.05) is 0 Å². The molecule has 0 aliphatic rings. The van der Waals surface area contributed by atoms with E-state index in [9.17, 15) is 8.78 Å². The molecule has 0 radical (unpaired) electrons. The maximum absolute atomic E-state index is 13.9. The molecule has 1 aromatic heterocycles. The summed E-state index contributed by atoms with van der Waals surface area (Å²) in [7, 11) is 0. The van der Waals surface area contributed by atoms with Crippen molar-refractivity contribution in [1.82, 2.24) is 4.98 Å². The molecule has 0 saturated heterocycles. The number of hydrogen-bond acceptors (Lipinski definition) is 2. The van der Waals surface area contributed by atoms with Gasteiger partial charge >= 0.3 is 0 Å². The van der Waals surface area contributed by atoms with Crippen LogP contribution in [0.2, 0.25) is 0 Å². The van der Waals surface area contributed by atoms with Crippen LogP contribution in [0.25, 0.3) is 0 Å². The van der Waals surface area contributed by atoms with Gasteiger partial charge in [0.15, 0.2) is 0 Å². The summed E-state index contributed by atoms with van der Waals surface area (Å²) in [6.45, 7) is 1.65. The zero-order valence-corrected chi connectivity index (χ0v) is 9.32. The van der Waals surface area contributed by atoms with E-state index in [0.29, 0.717) is 5.56 Å². The minimum Gasteiger partial charge on any atom is -0.320 e. The Balaban J connectivity index is 2.48.